The van der Waals surface area contributed by atoms with Crippen molar-refractivity contribution in [3.05, 3.63) is 52.6 Å². The van der Waals surface area contributed by atoms with E-state index < -0.39 is 5.95 Å². The van der Waals surface area contributed by atoms with Crippen LogP contribution in [0.15, 0.2) is 30.5 Å². The van der Waals surface area contributed by atoms with Crippen LogP contribution in [0.3, 0.4) is 0 Å². The lowest BCUT2D eigenvalue weighted by atomic mass is 9.92. The largest absolute Gasteiger partial charge is 0.489 e. The number of halogens is 2. The van der Waals surface area contributed by atoms with E-state index in [0.717, 1.165) is 31.2 Å². The van der Waals surface area contributed by atoms with E-state index in [9.17, 15) is 9.18 Å². The van der Waals surface area contributed by atoms with Crippen molar-refractivity contribution in [3.63, 3.8) is 0 Å². The van der Waals surface area contributed by atoms with E-state index in [1.54, 1.807) is 25.3 Å². The van der Waals surface area contributed by atoms with Crippen molar-refractivity contribution >= 4 is 23.3 Å². The highest BCUT2D eigenvalue weighted by Gasteiger charge is 2.43. The molecule has 1 saturated carbocycles. The predicted octanol–water partition coefficient (Wildman–Crippen LogP) is 4.72. The molecule has 1 aromatic carbocycles. The van der Waals surface area contributed by atoms with Gasteiger partial charge in [0.25, 0.3) is 0 Å². The molecule has 0 unspecified atom stereocenters. The molecule has 3 heterocycles. The highest BCUT2D eigenvalue weighted by Crippen LogP contribution is 2.44. The first-order chi connectivity index (χ1) is 14.5. The third-order valence-electron chi connectivity index (χ3n) is 6.44. The van der Waals surface area contributed by atoms with E-state index in [-0.39, 0.29) is 30.3 Å². The lowest BCUT2D eigenvalue weighted by Crippen LogP contribution is -2.44. The first-order valence-electron chi connectivity index (χ1n) is 10.2. The maximum Gasteiger partial charge on any atom is 0.322 e. The number of rotatable bonds is 4. The number of anilines is 1. The molecular formula is C22H23ClFN3O3. The highest BCUT2D eigenvalue weighted by atomic mass is 35.5. The summed E-state index contributed by atoms with van der Waals surface area (Å²) in [7, 11) is 1.70. The number of nitrogens with one attached hydrogen (secondary N) is 1. The molecule has 30 heavy (non-hydrogen) atoms. The fraction of sp³-hybridized carbons (Fsp3) is 0.455. The van der Waals surface area contributed by atoms with Crippen LogP contribution < -0.4 is 10.1 Å². The van der Waals surface area contributed by atoms with Gasteiger partial charge >= 0.3 is 6.03 Å². The summed E-state index contributed by atoms with van der Waals surface area (Å²) in [6.45, 7) is 0. The molecular weight excluding hydrogens is 409 g/mol. The minimum absolute atomic E-state index is 0.0216. The van der Waals surface area contributed by atoms with Crippen LogP contribution >= 0.6 is 11.6 Å². The first kappa shape index (κ1) is 19.6. The number of ether oxygens (including phenoxy) is 2. The average Bonchev–Trinajstić information content (AvgIpc) is 3.01. The zero-order valence-electron chi connectivity index (χ0n) is 16.6. The standard InChI is InChI=1S/C22H23ClFN3O3/c1-29-14-10-15(11-14)30-20-5-2-12(8-18(20)23)26-22(28)27-13-3-4-19(27)16-6-7-25-21(24)17(16)9-13/h2,5-8,13-15,19H,3-4,9-11H2,1H3,(H,26,28)/t13-,14-,15+,19+/m0/s1. The topological polar surface area (TPSA) is 63.7 Å². The quantitative estimate of drug-likeness (QED) is 0.711. The molecule has 1 aliphatic carbocycles. The van der Waals surface area contributed by atoms with E-state index in [2.05, 4.69) is 10.3 Å². The van der Waals surface area contributed by atoms with Gasteiger partial charge in [-0.1, -0.05) is 11.6 Å². The van der Waals surface area contributed by atoms with E-state index >= 15 is 0 Å². The number of carbonyl (C=O) groups is 1. The van der Waals surface area contributed by atoms with Crippen LogP contribution in [0.25, 0.3) is 0 Å². The molecule has 2 aliphatic heterocycles. The van der Waals surface area contributed by atoms with Crippen molar-refractivity contribution in [2.24, 2.45) is 0 Å². The van der Waals surface area contributed by atoms with Crippen molar-refractivity contribution in [3.8, 4) is 5.75 Å². The normalized spacial score (nSPS) is 26.7. The minimum Gasteiger partial charge on any atom is -0.489 e. The highest BCUT2D eigenvalue weighted by molar-refractivity contribution is 6.32. The Labute approximate surface area is 179 Å². The Balaban J connectivity index is 1.27. The predicted molar refractivity (Wildman–Crippen MR) is 110 cm³/mol. The van der Waals surface area contributed by atoms with Gasteiger partial charge in [-0.25, -0.2) is 9.78 Å². The molecule has 6 nitrogen and oxygen atoms in total. The SMILES string of the molecule is CO[C@H]1C[C@@H](Oc2ccc(NC(=O)N3[C@H]4CC[C@@H]3c3ccnc(F)c3C4)cc2Cl)C1. The molecule has 0 radical (unpaired) electrons. The fourth-order valence-electron chi connectivity index (χ4n) is 4.77. The molecule has 2 bridgehead atoms. The number of aromatic nitrogens is 1. The fourth-order valence-corrected chi connectivity index (χ4v) is 5.00. The molecule has 1 aromatic heterocycles. The van der Waals surface area contributed by atoms with Crippen LogP contribution in [0.5, 0.6) is 5.75 Å². The molecule has 8 heteroatoms. The minimum atomic E-state index is -0.421. The van der Waals surface area contributed by atoms with E-state index in [4.69, 9.17) is 21.1 Å². The van der Waals surface area contributed by atoms with Gasteiger partial charge in [0.05, 0.1) is 17.2 Å². The Morgan fingerprint density at radius 2 is 2.10 bits per heavy atom. The Morgan fingerprint density at radius 3 is 2.87 bits per heavy atom. The Bertz CT molecular complexity index is 982. The number of pyridine rings is 1. The number of hydrogen-bond donors (Lipinski definition) is 1. The first-order valence-corrected chi connectivity index (χ1v) is 10.6. The van der Waals surface area contributed by atoms with Gasteiger partial charge in [0.2, 0.25) is 5.95 Å². The summed E-state index contributed by atoms with van der Waals surface area (Å²) in [5.41, 5.74) is 2.11. The third kappa shape index (κ3) is 3.40. The van der Waals surface area contributed by atoms with Crippen molar-refractivity contribution in [1.29, 1.82) is 0 Å². The lowest BCUT2D eigenvalue weighted by Gasteiger charge is -2.36. The van der Waals surface area contributed by atoms with Crippen LogP contribution in [-0.2, 0) is 11.2 Å². The van der Waals surface area contributed by atoms with Crippen LogP contribution in [0.4, 0.5) is 14.9 Å². The molecule has 0 spiro atoms. The second-order valence-electron chi connectivity index (χ2n) is 8.17. The second kappa shape index (κ2) is 7.71. The van der Waals surface area contributed by atoms with Crippen LogP contribution in [0.2, 0.25) is 5.02 Å². The van der Waals surface area contributed by atoms with Gasteiger partial charge in [-0.15, -0.1) is 0 Å². The molecule has 1 N–H and O–H groups in total. The van der Waals surface area contributed by atoms with E-state index in [1.807, 2.05) is 11.0 Å². The third-order valence-corrected chi connectivity index (χ3v) is 6.73. The number of methoxy groups -OCH3 is 1. The summed E-state index contributed by atoms with van der Waals surface area (Å²) >= 11 is 6.38. The summed E-state index contributed by atoms with van der Waals surface area (Å²) in [6.07, 6.45) is 5.69. The molecule has 2 amide bonds. The van der Waals surface area contributed by atoms with Gasteiger partial charge in [0.1, 0.15) is 11.9 Å². The van der Waals surface area contributed by atoms with Crippen molar-refractivity contribution < 1.29 is 18.7 Å². The molecule has 1 saturated heterocycles. The maximum atomic E-state index is 14.1. The van der Waals surface area contributed by atoms with Gasteiger partial charge in [0.15, 0.2) is 0 Å². The van der Waals surface area contributed by atoms with E-state index in [1.165, 1.54) is 6.20 Å². The van der Waals surface area contributed by atoms with Gasteiger partial charge in [-0.05, 0) is 49.1 Å². The number of urea groups is 1. The Morgan fingerprint density at radius 1 is 1.27 bits per heavy atom. The summed E-state index contributed by atoms with van der Waals surface area (Å²) in [5.74, 6) is 0.180. The lowest BCUT2D eigenvalue weighted by molar-refractivity contribution is -0.0380. The average molecular weight is 432 g/mol. The Hall–Kier alpha value is -2.38. The molecule has 5 rings (SSSR count). The van der Waals surface area contributed by atoms with Crippen LogP contribution in [-0.4, -0.2) is 41.3 Å². The van der Waals surface area contributed by atoms with Gasteiger partial charge in [-0.3, -0.25) is 0 Å². The van der Waals surface area contributed by atoms with Crippen molar-refractivity contribution in [2.45, 2.75) is 56.4 Å². The number of amides is 2. The molecule has 2 aromatic rings. The number of fused-ring (bicyclic) bond motifs is 4. The summed E-state index contributed by atoms with van der Waals surface area (Å²) in [5, 5.41) is 3.39. The maximum absolute atomic E-state index is 14.1. The summed E-state index contributed by atoms with van der Waals surface area (Å²) in [4.78, 5) is 18.6. The van der Waals surface area contributed by atoms with E-state index in [0.29, 0.717) is 28.4 Å². The van der Waals surface area contributed by atoms with Crippen LogP contribution in [0.1, 0.15) is 42.9 Å². The van der Waals surface area contributed by atoms with Crippen LogP contribution in [0, 0.1) is 5.95 Å². The summed E-state index contributed by atoms with van der Waals surface area (Å²) in [6, 6.07) is 6.74. The van der Waals surface area contributed by atoms with Crippen molar-refractivity contribution in [2.75, 3.05) is 12.4 Å². The number of benzene rings is 1. The molecule has 3 aliphatic rings. The monoisotopic (exact) mass is 431 g/mol. The second-order valence-corrected chi connectivity index (χ2v) is 8.58. The smallest absolute Gasteiger partial charge is 0.322 e. The molecule has 2 fully saturated rings. The van der Waals surface area contributed by atoms with Gasteiger partial charge in [-0.2, -0.15) is 4.39 Å². The molecule has 158 valence electrons. The number of hydrogen-bond acceptors (Lipinski definition) is 4. The van der Waals surface area contributed by atoms with Gasteiger partial charge in [0, 0.05) is 43.4 Å². The zero-order chi connectivity index (χ0) is 20.8. The van der Waals surface area contributed by atoms with Crippen molar-refractivity contribution in [1.82, 2.24) is 9.88 Å². The van der Waals surface area contributed by atoms with Gasteiger partial charge < -0.3 is 19.7 Å². The summed E-state index contributed by atoms with van der Waals surface area (Å²) < 4.78 is 25.3. The number of nitrogens with zero attached hydrogens (tertiary/aromatic N) is 2. The molecule has 2 atom stereocenters. The Kier molecular flexibility index (Phi) is 5.03. The number of carbonyl (C=O) groups excluding carboxylic acids is 1. The zero-order valence-corrected chi connectivity index (χ0v) is 17.4.